The molecule has 3 atom stereocenters. The van der Waals surface area contributed by atoms with Gasteiger partial charge in [0.2, 0.25) is 0 Å². The van der Waals surface area contributed by atoms with E-state index in [0.29, 0.717) is 12.3 Å². The summed E-state index contributed by atoms with van der Waals surface area (Å²) in [5.74, 6) is 0.246. The first-order chi connectivity index (χ1) is 17.0. The lowest BCUT2D eigenvalue weighted by molar-refractivity contribution is 0.0888. The van der Waals surface area contributed by atoms with Gasteiger partial charge >= 0.3 is 6.09 Å². The molecule has 5 rings (SSSR count). The van der Waals surface area contributed by atoms with E-state index >= 15 is 0 Å². The van der Waals surface area contributed by atoms with E-state index in [9.17, 15) is 9.90 Å². The Kier molecular flexibility index (Phi) is 6.11. The quantitative estimate of drug-likeness (QED) is 0.426. The fourth-order valence-corrected chi connectivity index (χ4v) is 5.26. The van der Waals surface area contributed by atoms with Gasteiger partial charge in [0.05, 0.1) is 17.9 Å². The number of hydrogen-bond acceptors (Lipinski definition) is 6. The molecule has 35 heavy (non-hydrogen) atoms. The van der Waals surface area contributed by atoms with Crippen molar-refractivity contribution in [1.82, 2.24) is 24.5 Å². The molecule has 0 radical (unpaired) electrons. The standard InChI is InChI=1S/C27H29N5O3/c1-4-20-16-22(17(3)31(20)27(34)35-5-2)23-11-14-29-26-24(19-7-6-8-21(33)15-19)25(30-32(23)26)18-9-12-28-13-10-18/h6-15,17,20,22,33H,4-5,16H2,1-3H3. The Balaban J connectivity index is 1.68. The van der Waals surface area contributed by atoms with Crippen LogP contribution in [0.2, 0.25) is 0 Å². The number of phenolic OH excluding ortho intramolecular Hbond substituents is 1. The van der Waals surface area contributed by atoms with E-state index in [1.807, 2.05) is 46.7 Å². The molecular formula is C27H29N5O3. The van der Waals surface area contributed by atoms with Gasteiger partial charge in [-0.15, -0.1) is 0 Å². The Hall–Kier alpha value is -3.94. The maximum Gasteiger partial charge on any atom is 0.410 e. The van der Waals surface area contributed by atoms with Gasteiger partial charge in [0.15, 0.2) is 5.65 Å². The van der Waals surface area contributed by atoms with Crippen LogP contribution in [-0.4, -0.2) is 54.4 Å². The van der Waals surface area contributed by atoms with Gasteiger partial charge in [-0.05, 0) is 62.6 Å². The maximum absolute atomic E-state index is 12.8. The zero-order valence-corrected chi connectivity index (χ0v) is 20.1. The van der Waals surface area contributed by atoms with Crippen molar-refractivity contribution in [2.24, 2.45) is 0 Å². The minimum Gasteiger partial charge on any atom is -0.508 e. The largest absolute Gasteiger partial charge is 0.508 e. The third-order valence-corrected chi connectivity index (χ3v) is 6.91. The molecule has 1 aliphatic rings. The number of pyridine rings is 1. The second kappa shape index (κ2) is 9.37. The van der Waals surface area contributed by atoms with Gasteiger partial charge in [-0.25, -0.2) is 14.3 Å². The molecule has 3 aromatic heterocycles. The van der Waals surface area contributed by atoms with E-state index < -0.39 is 0 Å². The summed E-state index contributed by atoms with van der Waals surface area (Å²) >= 11 is 0. The van der Waals surface area contributed by atoms with Crippen molar-refractivity contribution in [2.45, 2.75) is 51.6 Å². The first-order valence-corrected chi connectivity index (χ1v) is 12.1. The summed E-state index contributed by atoms with van der Waals surface area (Å²) in [5.41, 5.74) is 5.04. The van der Waals surface area contributed by atoms with Crippen molar-refractivity contribution in [3.63, 3.8) is 0 Å². The molecule has 8 nitrogen and oxygen atoms in total. The van der Waals surface area contributed by atoms with Crippen molar-refractivity contribution in [1.29, 1.82) is 0 Å². The minimum absolute atomic E-state index is 0.0533. The average Bonchev–Trinajstić information content (AvgIpc) is 3.42. The molecule has 1 aliphatic heterocycles. The van der Waals surface area contributed by atoms with Gasteiger partial charge in [0.25, 0.3) is 0 Å². The number of amides is 1. The van der Waals surface area contributed by atoms with Gasteiger partial charge in [-0.3, -0.25) is 4.98 Å². The molecule has 180 valence electrons. The number of carbonyl (C=O) groups excluding carboxylic acids is 1. The zero-order chi connectivity index (χ0) is 24.5. The summed E-state index contributed by atoms with van der Waals surface area (Å²) in [6.45, 7) is 6.36. The molecule has 4 aromatic rings. The smallest absolute Gasteiger partial charge is 0.410 e. The number of benzene rings is 1. The molecule has 0 aliphatic carbocycles. The highest BCUT2D eigenvalue weighted by Crippen LogP contribution is 2.41. The van der Waals surface area contributed by atoms with Gasteiger partial charge in [0.1, 0.15) is 11.4 Å². The normalized spacial score (nSPS) is 19.9. The Morgan fingerprint density at radius 1 is 1.11 bits per heavy atom. The number of aromatic nitrogens is 4. The minimum atomic E-state index is -0.266. The van der Waals surface area contributed by atoms with Crippen LogP contribution in [0.1, 0.15) is 45.2 Å². The predicted octanol–water partition coefficient (Wildman–Crippen LogP) is 5.28. The van der Waals surface area contributed by atoms with Crippen molar-refractivity contribution in [2.75, 3.05) is 6.61 Å². The van der Waals surface area contributed by atoms with Gasteiger partial charge in [-0.2, -0.15) is 5.10 Å². The fourth-order valence-electron chi connectivity index (χ4n) is 5.26. The van der Waals surface area contributed by atoms with Gasteiger partial charge in [-0.1, -0.05) is 19.1 Å². The van der Waals surface area contributed by atoms with Crippen LogP contribution in [-0.2, 0) is 4.74 Å². The van der Waals surface area contributed by atoms with E-state index in [-0.39, 0.29) is 29.8 Å². The van der Waals surface area contributed by atoms with Crippen molar-refractivity contribution in [3.05, 3.63) is 66.7 Å². The van der Waals surface area contributed by atoms with Crippen LogP contribution in [0.25, 0.3) is 28.0 Å². The van der Waals surface area contributed by atoms with Crippen LogP contribution in [0.5, 0.6) is 5.75 Å². The van der Waals surface area contributed by atoms with Crippen molar-refractivity contribution < 1.29 is 14.6 Å². The Morgan fingerprint density at radius 2 is 1.91 bits per heavy atom. The Bertz CT molecular complexity index is 1350. The molecule has 0 spiro atoms. The maximum atomic E-state index is 12.8. The van der Waals surface area contributed by atoms with Crippen LogP contribution >= 0.6 is 0 Å². The number of hydrogen-bond donors (Lipinski definition) is 1. The molecule has 3 unspecified atom stereocenters. The summed E-state index contributed by atoms with van der Waals surface area (Å²) in [7, 11) is 0. The number of nitrogens with zero attached hydrogens (tertiary/aromatic N) is 5. The number of aromatic hydroxyl groups is 1. The SMILES string of the molecule is CCOC(=O)N1C(CC)CC(c2ccnc3c(-c4cccc(O)c4)c(-c4ccncc4)nn23)C1C. The molecule has 4 heterocycles. The highest BCUT2D eigenvalue weighted by Gasteiger charge is 2.43. The monoisotopic (exact) mass is 471 g/mol. The summed E-state index contributed by atoms with van der Waals surface area (Å²) < 4.78 is 7.27. The topological polar surface area (TPSA) is 92.8 Å². The van der Waals surface area contributed by atoms with Crippen LogP contribution in [0.15, 0.2) is 61.1 Å². The van der Waals surface area contributed by atoms with E-state index in [1.54, 1.807) is 30.7 Å². The molecule has 1 N–H and O–H groups in total. The molecule has 1 amide bonds. The zero-order valence-electron chi connectivity index (χ0n) is 20.1. The summed E-state index contributed by atoms with van der Waals surface area (Å²) in [6, 6.07) is 13.0. The Labute approximate surface area is 204 Å². The van der Waals surface area contributed by atoms with Crippen LogP contribution < -0.4 is 0 Å². The number of carbonyl (C=O) groups is 1. The predicted molar refractivity (Wildman–Crippen MR) is 133 cm³/mol. The lowest BCUT2D eigenvalue weighted by Gasteiger charge is -2.28. The highest BCUT2D eigenvalue weighted by molar-refractivity contribution is 5.90. The van der Waals surface area contributed by atoms with E-state index in [2.05, 4.69) is 18.8 Å². The van der Waals surface area contributed by atoms with Crippen LogP contribution in [0.3, 0.4) is 0 Å². The Morgan fingerprint density at radius 3 is 2.63 bits per heavy atom. The summed E-state index contributed by atoms with van der Waals surface area (Å²) in [6.07, 6.45) is 6.68. The molecular weight excluding hydrogens is 442 g/mol. The number of ether oxygens (including phenoxy) is 1. The fraction of sp³-hybridized carbons (Fsp3) is 0.333. The van der Waals surface area contributed by atoms with Gasteiger partial charge in [0, 0.05) is 42.2 Å². The van der Waals surface area contributed by atoms with Crippen molar-refractivity contribution in [3.8, 4) is 28.1 Å². The molecule has 0 saturated carbocycles. The van der Waals surface area contributed by atoms with Crippen LogP contribution in [0.4, 0.5) is 4.79 Å². The van der Waals surface area contributed by atoms with E-state index in [4.69, 9.17) is 14.8 Å². The number of likely N-dealkylation sites (tertiary alicyclic amines) is 1. The number of rotatable bonds is 5. The summed E-state index contributed by atoms with van der Waals surface area (Å²) in [4.78, 5) is 23.5. The second-order valence-electron chi connectivity index (χ2n) is 8.87. The third kappa shape index (κ3) is 3.99. The molecule has 1 saturated heterocycles. The lowest BCUT2D eigenvalue weighted by atomic mass is 9.95. The van der Waals surface area contributed by atoms with Crippen LogP contribution in [0, 0.1) is 0 Å². The van der Waals surface area contributed by atoms with Crippen molar-refractivity contribution >= 4 is 11.7 Å². The third-order valence-electron chi connectivity index (χ3n) is 6.91. The lowest BCUT2D eigenvalue weighted by Crippen LogP contribution is -2.41. The van der Waals surface area contributed by atoms with Gasteiger partial charge < -0.3 is 14.7 Å². The number of phenols is 1. The first-order valence-electron chi connectivity index (χ1n) is 12.1. The average molecular weight is 472 g/mol. The highest BCUT2D eigenvalue weighted by atomic mass is 16.6. The van der Waals surface area contributed by atoms with E-state index in [1.165, 1.54) is 0 Å². The number of fused-ring (bicyclic) bond motifs is 1. The molecule has 1 fully saturated rings. The van der Waals surface area contributed by atoms with E-state index in [0.717, 1.165) is 40.9 Å². The molecule has 1 aromatic carbocycles. The molecule has 0 bridgehead atoms. The second-order valence-corrected chi connectivity index (χ2v) is 8.87. The molecule has 8 heteroatoms. The summed E-state index contributed by atoms with van der Waals surface area (Å²) in [5, 5.41) is 15.2. The first kappa shape index (κ1) is 22.8.